The van der Waals surface area contributed by atoms with Crippen molar-refractivity contribution in [2.45, 2.75) is 4.90 Å². The molecular formula is C17H12N2O4S. The van der Waals surface area contributed by atoms with Crippen LogP contribution in [0.2, 0.25) is 0 Å². The molecule has 0 aliphatic carbocycles. The molecule has 0 saturated carbocycles. The van der Waals surface area contributed by atoms with Gasteiger partial charge in [-0.05, 0) is 48.5 Å². The van der Waals surface area contributed by atoms with Crippen LogP contribution in [0.1, 0.15) is 0 Å². The Kier molecular flexibility index (Phi) is 3.17. The fraction of sp³-hybridized carbons (Fsp3) is 0. The molecular weight excluding hydrogens is 328 g/mol. The third kappa shape index (κ3) is 2.55. The molecule has 0 saturated heterocycles. The second kappa shape index (κ2) is 5.24. The Morgan fingerprint density at radius 1 is 0.917 bits per heavy atom. The number of sulfonamides is 1. The molecule has 4 rings (SSSR count). The van der Waals surface area contributed by atoms with E-state index in [0.29, 0.717) is 16.7 Å². The number of aromatic nitrogens is 1. The van der Waals surface area contributed by atoms with Gasteiger partial charge in [-0.1, -0.05) is 0 Å². The highest BCUT2D eigenvalue weighted by atomic mass is 32.2. The molecule has 120 valence electrons. The summed E-state index contributed by atoms with van der Waals surface area (Å²) >= 11 is 0. The van der Waals surface area contributed by atoms with E-state index in [0.717, 1.165) is 10.9 Å². The first kappa shape index (κ1) is 14.5. The highest BCUT2D eigenvalue weighted by molar-refractivity contribution is 7.92. The Morgan fingerprint density at radius 3 is 2.67 bits per heavy atom. The topological polar surface area (TPSA) is 92.2 Å². The van der Waals surface area contributed by atoms with Crippen molar-refractivity contribution >= 4 is 37.6 Å². The van der Waals surface area contributed by atoms with Gasteiger partial charge in [-0.25, -0.2) is 13.2 Å². The minimum absolute atomic E-state index is 0.0954. The van der Waals surface area contributed by atoms with Crippen LogP contribution in [0.3, 0.4) is 0 Å². The van der Waals surface area contributed by atoms with Gasteiger partial charge in [0.1, 0.15) is 5.58 Å². The summed E-state index contributed by atoms with van der Waals surface area (Å²) in [7, 11) is -3.75. The molecule has 4 aromatic rings. The molecule has 0 aliphatic rings. The van der Waals surface area contributed by atoms with Crippen LogP contribution in [0.5, 0.6) is 0 Å². The van der Waals surface area contributed by atoms with Crippen LogP contribution in [0.4, 0.5) is 5.69 Å². The SMILES string of the molecule is O=c1ccc2cc(S(=O)(=O)Nc3ccc4[nH]ccc4c3)ccc2o1. The van der Waals surface area contributed by atoms with Crippen LogP contribution in [-0.2, 0) is 10.0 Å². The summed E-state index contributed by atoms with van der Waals surface area (Å²) in [5.41, 5.74) is 1.27. The first-order chi connectivity index (χ1) is 11.5. The van der Waals surface area contributed by atoms with Crippen molar-refractivity contribution in [1.29, 1.82) is 0 Å². The summed E-state index contributed by atoms with van der Waals surface area (Å²) in [6.45, 7) is 0. The number of rotatable bonds is 3. The van der Waals surface area contributed by atoms with Gasteiger partial charge in [-0.15, -0.1) is 0 Å². The molecule has 0 radical (unpaired) electrons. The molecule has 0 aliphatic heterocycles. The van der Waals surface area contributed by atoms with Gasteiger partial charge in [0.15, 0.2) is 0 Å². The molecule has 0 bridgehead atoms. The third-order valence-electron chi connectivity index (χ3n) is 3.71. The largest absolute Gasteiger partial charge is 0.423 e. The van der Waals surface area contributed by atoms with Crippen molar-refractivity contribution in [3.05, 3.63) is 71.2 Å². The first-order valence-corrected chi connectivity index (χ1v) is 8.63. The zero-order chi connectivity index (χ0) is 16.7. The molecule has 2 heterocycles. The zero-order valence-electron chi connectivity index (χ0n) is 12.3. The molecule has 7 heteroatoms. The highest BCUT2D eigenvalue weighted by Gasteiger charge is 2.15. The summed E-state index contributed by atoms with van der Waals surface area (Å²) in [6, 6.07) is 14.3. The maximum Gasteiger partial charge on any atom is 0.336 e. The van der Waals surface area contributed by atoms with Crippen LogP contribution < -0.4 is 10.3 Å². The van der Waals surface area contributed by atoms with Gasteiger partial charge in [-0.3, -0.25) is 4.72 Å². The van der Waals surface area contributed by atoms with Crippen LogP contribution in [0, 0.1) is 0 Å². The molecule has 0 unspecified atom stereocenters. The van der Waals surface area contributed by atoms with E-state index in [-0.39, 0.29) is 4.90 Å². The standard InChI is InChI=1S/C17H12N2O4S/c20-17-6-1-12-10-14(3-5-16(12)23-17)24(21,22)19-13-2-4-15-11(9-13)7-8-18-15/h1-10,18-19H. The maximum atomic E-state index is 12.6. The van der Waals surface area contributed by atoms with Gasteiger partial charge >= 0.3 is 5.63 Å². The minimum Gasteiger partial charge on any atom is -0.423 e. The fourth-order valence-corrected chi connectivity index (χ4v) is 3.63. The smallest absolute Gasteiger partial charge is 0.336 e. The van der Waals surface area contributed by atoms with E-state index in [1.54, 1.807) is 18.3 Å². The van der Waals surface area contributed by atoms with Gasteiger partial charge in [0.05, 0.1) is 4.90 Å². The molecule has 2 aromatic carbocycles. The van der Waals surface area contributed by atoms with Crippen LogP contribution in [0.25, 0.3) is 21.9 Å². The van der Waals surface area contributed by atoms with E-state index >= 15 is 0 Å². The zero-order valence-corrected chi connectivity index (χ0v) is 13.1. The van der Waals surface area contributed by atoms with Crippen molar-refractivity contribution in [2.75, 3.05) is 4.72 Å². The second-order valence-electron chi connectivity index (χ2n) is 5.34. The van der Waals surface area contributed by atoms with E-state index < -0.39 is 15.6 Å². The lowest BCUT2D eigenvalue weighted by Gasteiger charge is -2.09. The molecule has 24 heavy (non-hydrogen) atoms. The summed E-state index contributed by atoms with van der Waals surface area (Å²) in [5, 5.41) is 1.45. The van der Waals surface area contributed by atoms with Crippen molar-refractivity contribution in [2.24, 2.45) is 0 Å². The number of H-pyrrole nitrogens is 1. The van der Waals surface area contributed by atoms with Crippen molar-refractivity contribution < 1.29 is 12.8 Å². The molecule has 0 atom stereocenters. The lowest BCUT2D eigenvalue weighted by Crippen LogP contribution is -2.12. The molecule has 2 aromatic heterocycles. The van der Waals surface area contributed by atoms with E-state index in [4.69, 9.17) is 4.42 Å². The molecule has 0 amide bonds. The predicted octanol–water partition coefficient (Wildman–Crippen LogP) is 3.08. The number of fused-ring (bicyclic) bond motifs is 2. The Bertz CT molecular complexity index is 1220. The van der Waals surface area contributed by atoms with E-state index in [2.05, 4.69) is 9.71 Å². The fourth-order valence-electron chi connectivity index (χ4n) is 2.55. The van der Waals surface area contributed by atoms with Gasteiger partial charge < -0.3 is 9.40 Å². The first-order valence-electron chi connectivity index (χ1n) is 7.15. The Labute approximate surface area is 136 Å². The molecule has 6 nitrogen and oxygen atoms in total. The van der Waals surface area contributed by atoms with Crippen LogP contribution in [-0.4, -0.2) is 13.4 Å². The number of hydrogen-bond donors (Lipinski definition) is 2. The summed E-state index contributed by atoms with van der Waals surface area (Å²) in [5.74, 6) is 0. The van der Waals surface area contributed by atoms with E-state index in [1.807, 2.05) is 12.1 Å². The highest BCUT2D eigenvalue weighted by Crippen LogP contribution is 2.23. The molecule has 0 fully saturated rings. The summed E-state index contributed by atoms with van der Waals surface area (Å²) in [6.07, 6.45) is 1.79. The number of aromatic amines is 1. The number of anilines is 1. The lowest BCUT2D eigenvalue weighted by atomic mass is 10.2. The van der Waals surface area contributed by atoms with Crippen molar-refractivity contribution in [1.82, 2.24) is 4.98 Å². The van der Waals surface area contributed by atoms with Gasteiger partial charge in [0.2, 0.25) is 0 Å². The number of hydrogen-bond acceptors (Lipinski definition) is 4. The number of benzene rings is 2. The normalized spacial score (nSPS) is 11.8. The maximum absolute atomic E-state index is 12.6. The van der Waals surface area contributed by atoms with Crippen molar-refractivity contribution in [3.8, 4) is 0 Å². The average Bonchev–Trinajstić information content (AvgIpc) is 3.01. The summed E-state index contributed by atoms with van der Waals surface area (Å²) < 4.78 is 32.7. The van der Waals surface area contributed by atoms with Gasteiger partial charge in [0, 0.05) is 34.2 Å². The lowest BCUT2D eigenvalue weighted by molar-refractivity contribution is 0.560. The summed E-state index contributed by atoms with van der Waals surface area (Å²) in [4.78, 5) is 14.3. The number of nitrogens with one attached hydrogen (secondary N) is 2. The van der Waals surface area contributed by atoms with Gasteiger partial charge in [-0.2, -0.15) is 0 Å². The molecule has 2 N–H and O–H groups in total. The van der Waals surface area contributed by atoms with E-state index in [1.165, 1.54) is 30.3 Å². The Morgan fingerprint density at radius 2 is 1.79 bits per heavy atom. The third-order valence-corrected chi connectivity index (χ3v) is 5.09. The minimum atomic E-state index is -3.75. The van der Waals surface area contributed by atoms with E-state index in [9.17, 15) is 13.2 Å². The van der Waals surface area contributed by atoms with Gasteiger partial charge in [0.25, 0.3) is 10.0 Å². The Balaban J connectivity index is 1.73. The average molecular weight is 340 g/mol. The quantitative estimate of drug-likeness (QED) is 0.561. The predicted molar refractivity (Wildman–Crippen MR) is 91.6 cm³/mol. The second-order valence-corrected chi connectivity index (χ2v) is 7.02. The van der Waals surface area contributed by atoms with Crippen molar-refractivity contribution in [3.63, 3.8) is 0 Å². The Hall–Kier alpha value is -3.06. The molecule has 0 spiro atoms. The van der Waals surface area contributed by atoms with Crippen LogP contribution in [0.15, 0.2) is 74.9 Å². The van der Waals surface area contributed by atoms with Crippen LogP contribution >= 0.6 is 0 Å². The monoisotopic (exact) mass is 340 g/mol.